The molecule has 0 saturated carbocycles. The molecule has 0 unspecified atom stereocenters. The molecule has 1 aromatic carbocycles. The van der Waals surface area contributed by atoms with Gasteiger partial charge in [0.15, 0.2) is 0 Å². The highest BCUT2D eigenvalue weighted by molar-refractivity contribution is 6.01. The van der Waals surface area contributed by atoms with Crippen LogP contribution in [0.15, 0.2) is 24.3 Å². The average Bonchev–Trinajstić information content (AvgIpc) is 2.35. The molecule has 2 amide bonds. The molecule has 0 aliphatic carbocycles. The van der Waals surface area contributed by atoms with Crippen LogP contribution in [0.4, 0.5) is 5.69 Å². The number of anilines is 1. The lowest BCUT2D eigenvalue weighted by atomic mass is 10.1. The number of carbonyl (C=O) groups is 2. The number of nitrogens with zero attached hydrogens (tertiary/aromatic N) is 1. The average molecular weight is 235 g/mol. The maximum atomic E-state index is 11.9. The van der Waals surface area contributed by atoms with Crippen LogP contribution in [0.3, 0.4) is 0 Å². The second kappa shape index (κ2) is 5.89. The first-order chi connectivity index (χ1) is 8.06. The Hall–Kier alpha value is -2.04. The van der Waals surface area contributed by atoms with Gasteiger partial charge in [-0.05, 0) is 12.1 Å². The Morgan fingerprint density at radius 2 is 1.88 bits per heavy atom. The maximum absolute atomic E-state index is 11.9. The van der Waals surface area contributed by atoms with E-state index < -0.39 is 0 Å². The van der Waals surface area contributed by atoms with Gasteiger partial charge in [-0.25, -0.2) is 0 Å². The van der Waals surface area contributed by atoms with Crippen LogP contribution in [0, 0.1) is 0 Å². The van der Waals surface area contributed by atoms with Gasteiger partial charge in [-0.1, -0.05) is 12.1 Å². The maximum Gasteiger partial charge on any atom is 0.253 e. The highest BCUT2D eigenvalue weighted by Crippen LogP contribution is 2.17. The smallest absolute Gasteiger partial charge is 0.253 e. The first-order valence-corrected chi connectivity index (χ1v) is 5.31. The van der Waals surface area contributed by atoms with Crippen LogP contribution in [0.5, 0.6) is 0 Å². The van der Waals surface area contributed by atoms with Crippen molar-refractivity contribution in [3.05, 3.63) is 29.8 Å². The van der Waals surface area contributed by atoms with Crippen LogP contribution >= 0.6 is 0 Å². The number of rotatable bonds is 4. The van der Waals surface area contributed by atoms with Gasteiger partial charge < -0.3 is 15.5 Å². The Balaban J connectivity index is 2.78. The van der Waals surface area contributed by atoms with E-state index in [1.807, 2.05) is 31.1 Å². The van der Waals surface area contributed by atoms with Crippen LogP contribution in [-0.4, -0.2) is 39.5 Å². The summed E-state index contributed by atoms with van der Waals surface area (Å²) in [5.74, 6) is -0.474. The number of carbonyl (C=O) groups excluding carboxylic acids is 2. The molecule has 0 saturated heterocycles. The van der Waals surface area contributed by atoms with Gasteiger partial charge in [0.25, 0.3) is 5.91 Å². The summed E-state index contributed by atoms with van der Waals surface area (Å²) >= 11 is 0. The summed E-state index contributed by atoms with van der Waals surface area (Å²) in [5.41, 5.74) is 1.38. The van der Waals surface area contributed by atoms with Crippen molar-refractivity contribution >= 4 is 17.5 Å². The summed E-state index contributed by atoms with van der Waals surface area (Å²) in [5, 5.41) is 5.01. The Morgan fingerprint density at radius 3 is 2.47 bits per heavy atom. The van der Waals surface area contributed by atoms with Crippen molar-refractivity contribution in [2.45, 2.75) is 0 Å². The highest BCUT2D eigenvalue weighted by atomic mass is 16.2. The van der Waals surface area contributed by atoms with E-state index in [0.29, 0.717) is 5.56 Å². The number of hydrogen-bond acceptors (Lipinski definition) is 3. The minimum atomic E-state index is -0.252. The van der Waals surface area contributed by atoms with Gasteiger partial charge >= 0.3 is 0 Å². The van der Waals surface area contributed by atoms with Gasteiger partial charge in [-0.2, -0.15) is 0 Å². The number of likely N-dealkylation sites (N-methyl/N-ethyl adjacent to an activating group) is 1. The fourth-order valence-corrected chi connectivity index (χ4v) is 1.40. The summed E-state index contributed by atoms with van der Waals surface area (Å²) in [6.07, 6.45) is 0. The number of para-hydroxylation sites is 1. The molecule has 0 aliphatic rings. The Kier molecular flexibility index (Phi) is 4.51. The van der Waals surface area contributed by atoms with Crippen molar-refractivity contribution in [2.24, 2.45) is 0 Å². The normalized spacial score (nSPS) is 9.59. The lowest BCUT2D eigenvalue weighted by Gasteiger charge is -2.16. The SMILES string of the molecule is CNC(=O)CNC(=O)c1ccccc1N(C)C. The summed E-state index contributed by atoms with van der Waals surface area (Å²) < 4.78 is 0. The van der Waals surface area contributed by atoms with E-state index in [9.17, 15) is 9.59 Å². The zero-order chi connectivity index (χ0) is 12.8. The van der Waals surface area contributed by atoms with Gasteiger partial charge in [-0.3, -0.25) is 9.59 Å². The molecule has 0 spiro atoms. The predicted octanol–water partition coefficient (Wildman–Crippen LogP) is 0.228. The molecule has 0 atom stereocenters. The van der Waals surface area contributed by atoms with Crippen molar-refractivity contribution in [3.8, 4) is 0 Å². The van der Waals surface area contributed by atoms with Gasteiger partial charge in [0.1, 0.15) is 0 Å². The monoisotopic (exact) mass is 235 g/mol. The van der Waals surface area contributed by atoms with Gasteiger partial charge in [0.05, 0.1) is 12.1 Å². The summed E-state index contributed by atoms with van der Waals surface area (Å²) in [6.45, 7) is -0.0168. The Labute approximate surface area is 101 Å². The minimum Gasteiger partial charge on any atom is -0.377 e. The fraction of sp³-hybridized carbons (Fsp3) is 0.333. The van der Waals surface area contributed by atoms with Crippen LogP contribution < -0.4 is 15.5 Å². The van der Waals surface area contributed by atoms with E-state index in [-0.39, 0.29) is 18.4 Å². The second-order valence-corrected chi connectivity index (χ2v) is 3.77. The van der Waals surface area contributed by atoms with E-state index in [1.165, 1.54) is 7.05 Å². The van der Waals surface area contributed by atoms with E-state index in [4.69, 9.17) is 0 Å². The lowest BCUT2D eigenvalue weighted by molar-refractivity contribution is -0.119. The van der Waals surface area contributed by atoms with E-state index in [0.717, 1.165) is 5.69 Å². The van der Waals surface area contributed by atoms with Gasteiger partial charge in [0.2, 0.25) is 5.91 Å². The van der Waals surface area contributed by atoms with Crippen molar-refractivity contribution in [3.63, 3.8) is 0 Å². The standard InChI is InChI=1S/C12H17N3O2/c1-13-11(16)8-14-12(17)9-6-4-5-7-10(9)15(2)3/h4-7H,8H2,1-3H3,(H,13,16)(H,14,17). The minimum absolute atomic E-state index is 0.0168. The number of benzene rings is 1. The molecular formula is C12H17N3O2. The van der Waals surface area contributed by atoms with Crippen LogP contribution in [0.1, 0.15) is 10.4 Å². The fourth-order valence-electron chi connectivity index (χ4n) is 1.40. The third-order valence-electron chi connectivity index (χ3n) is 2.32. The zero-order valence-corrected chi connectivity index (χ0v) is 10.3. The predicted molar refractivity (Wildman–Crippen MR) is 67.2 cm³/mol. The number of amides is 2. The molecule has 1 rings (SSSR count). The van der Waals surface area contributed by atoms with Crippen molar-refractivity contribution in [1.29, 1.82) is 0 Å². The highest BCUT2D eigenvalue weighted by Gasteiger charge is 2.12. The van der Waals surface area contributed by atoms with Gasteiger partial charge in [0, 0.05) is 26.8 Å². The largest absolute Gasteiger partial charge is 0.377 e. The molecule has 0 aliphatic heterocycles. The quantitative estimate of drug-likeness (QED) is 0.785. The molecule has 0 radical (unpaired) electrons. The van der Waals surface area contributed by atoms with Crippen molar-refractivity contribution in [1.82, 2.24) is 10.6 Å². The van der Waals surface area contributed by atoms with Crippen molar-refractivity contribution in [2.75, 3.05) is 32.6 Å². The Bertz CT molecular complexity index is 416. The summed E-state index contributed by atoms with van der Waals surface area (Å²) in [7, 11) is 5.26. The molecule has 0 bridgehead atoms. The summed E-state index contributed by atoms with van der Waals surface area (Å²) in [4.78, 5) is 24.8. The molecule has 0 fully saturated rings. The topological polar surface area (TPSA) is 61.4 Å². The molecular weight excluding hydrogens is 218 g/mol. The Morgan fingerprint density at radius 1 is 1.24 bits per heavy atom. The molecule has 5 heteroatoms. The second-order valence-electron chi connectivity index (χ2n) is 3.77. The van der Waals surface area contributed by atoms with Crippen molar-refractivity contribution < 1.29 is 9.59 Å². The lowest BCUT2D eigenvalue weighted by Crippen LogP contribution is -2.35. The third kappa shape index (κ3) is 3.48. The molecule has 17 heavy (non-hydrogen) atoms. The first kappa shape index (κ1) is 13.0. The van der Waals surface area contributed by atoms with E-state index >= 15 is 0 Å². The third-order valence-corrected chi connectivity index (χ3v) is 2.32. The van der Waals surface area contributed by atoms with Gasteiger partial charge in [-0.15, -0.1) is 0 Å². The first-order valence-electron chi connectivity index (χ1n) is 5.31. The number of hydrogen-bond donors (Lipinski definition) is 2. The zero-order valence-electron chi connectivity index (χ0n) is 10.3. The molecule has 0 heterocycles. The van der Waals surface area contributed by atoms with E-state index in [1.54, 1.807) is 12.1 Å². The van der Waals surface area contributed by atoms with Crippen LogP contribution in [0.2, 0.25) is 0 Å². The molecule has 0 aromatic heterocycles. The van der Waals surface area contributed by atoms with Crippen LogP contribution in [0.25, 0.3) is 0 Å². The summed E-state index contributed by atoms with van der Waals surface area (Å²) in [6, 6.07) is 7.25. The molecule has 1 aromatic rings. The van der Waals surface area contributed by atoms with Crippen LogP contribution in [-0.2, 0) is 4.79 Å². The van der Waals surface area contributed by atoms with E-state index in [2.05, 4.69) is 10.6 Å². The molecule has 92 valence electrons. The number of nitrogens with one attached hydrogen (secondary N) is 2. The molecule has 2 N–H and O–H groups in total. The molecule has 5 nitrogen and oxygen atoms in total.